The summed E-state index contributed by atoms with van der Waals surface area (Å²) >= 11 is 1.33. The van der Waals surface area contributed by atoms with Crippen LogP contribution in [0.5, 0.6) is 0 Å². The van der Waals surface area contributed by atoms with E-state index in [2.05, 4.69) is 11.1 Å². The molecule has 0 saturated heterocycles. The number of ether oxygens (including phenoxy) is 1. The van der Waals surface area contributed by atoms with Crippen LogP contribution in [0.1, 0.15) is 11.9 Å². The van der Waals surface area contributed by atoms with Crippen molar-refractivity contribution in [2.24, 2.45) is 0 Å². The lowest BCUT2D eigenvalue weighted by Crippen LogP contribution is -2.22. The van der Waals surface area contributed by atoms with Crippen molar-refractivity contribution in [1.29, 1.82) is 5.26 Å². The molecule has 0 N–H and O–H groups in total. The van der Waals surface area contributed by atoms with Crippen LogP contribution in [0.25, 0.3) is 16.8 Å². The van der Waals surface area contributed by atoms with E-state index in [0.717, 1.165) is 5.56 Å². The van der Waals surface area contributed by atoms with E-state index in [9.17, 15) is 8.42 Å². The Bertz CT molecular complexity index is 876. The third-order valence-corrected chi connectivity index (χ3v) is 5.86. The Kier molecular flexibility index (Phi) is 5.72. The molecule has 126 valence electrons. The van der Waals surface area contributed by atoms with Crippen molar-refractivity contribution in [3.05, 3.63) is 40.9 Å². The highest BCUT2D eigenvalue weighted by atomic mass is 32.2. The van der Waals surface area contributed by atoms with Gasteiger partial charge in [-0.15, -0.1) is 11.3 Å². The van der Waals surface area contributed by atoms with E-state index in [-0.39, 0.29) is 4.90 Å². The fraction of sp³-hybridized carbons (Fsp3) is 0.250. The Morgan fingerprint density at radius 2 is 2.04 bits per heavy atom. The first kappa shape index (κ1) is 18.1. The topological polar surface area (TPSA) is 83.3 Å². The van der Waals surface area contributed by atoms with E-state index in [0.29, 0.717) is 22.9 Å². The highest BCUT2D eigenvalue weighted by Crippen LogP contribution is 2.27. The summed E-state index contributed by atoms with van der Waals surface area (Å²) < 4.78 is 30.4. The van der Waals surface area contributed by atoms with Gasteiger partial charge < -0.3 is 4.74 Å². The summed E-state index contributed by atoms with van der Waals surface area (Å²) in [4.78, 5) is 4.64. The summed E-state index contributed by atoms with van der Waals surface area (Å²) in [5.41, 5.74) is 1.82. The highest BCUT2D eigenvalue weighted by Gasteiger charge is 2.17. The van der Waals surface area contributed by atoms with Gasteiger partial charge in [-0.05, 0) is 19.1 Å². The molecular formula is C16H17N3O3S2. The van der Waals surface area contributed by atoms with Gasteiger partial charge in [-0.1, -0.05) is 12.1 Å². The predicted molar refractivity (Wildman–Crippen MR) is 93.6 cm³/mol. The molecule has 1 aromatic carbocycles. The molecule has 1 heterocycles. The van der Waals surface area contributed by atoms with Crippen molar-refractivity contribution < 1.29 is 13.2 Å². The summed E-state index contributed by atoms with van der Waals surface area (Å²) in [5, 5.41) is 11.5. The SMILES string of the molecule is CCO/C=C(\C#N)c1nc(-c2ccc(S(=O)(=O)N(C)C)cc2)cs1. The average Bonchev–Trinajstić information content (AvgIpc) is 3.05. The van der Waals surface area contributed by atoms with E-state index in [4.69, 9.17) is 10.00 Å². The third kappa shape index (κ3) is 3.82. The predicted octanol–water partition coefficient (Wildman–Crippen LogP) is 2.96. The standard InChI is InChI=1S/C16H17N3O3S2/c1-4-22-10-13(9-17)16-18-15(11-23-16)12-5-7-14(8-6-12)24(20,21)19(2)3/h5-8,10-11H,4H2,1-3H3/b13-10+. The molecule has 0 saturated carbocycles. The van der Waals surface area contributed by atoms with Crippen LogP contribution in [0.4, 0.5) is 0 Å². The number of aromatic nitrogens is 1. The van der Waals surface area contributed by atoms with Gasteiger partial charge in [0.05, 0.1) is 17.2 Å². The number of nitrogens with zero attached hydrogens (tertiary/aromatic N) is 3. The Balaban J connectivity index is 2.30. The maximum Gasteiger partial charge on any atom is 0.242 e. The Labute approximate surface area is 145 Å². The minimum absolute atomic E-state index is 0.223. The van der Waals surface area contributed by atoms with Gasteiger partial charge >= 0.3 is 0 Å². The Morgan fingerprint density at radius 3 is 2.58 bits per heavy atom. The lowest BCUT2D eigenvalue weighted by molar-refractivity contribution is 0.271. The summed E-state index contributed by atoms with van der Waals surface area (Å²) in [6.45, 7) is 2.31. The largest absolute Gasteiger partial charge is 0.500 e. The van der Waals surface area contributed by atoms with Crippen LogP contribution in [0.2, 0.25) is 0 Å². The molecule has 0 atom stereocenters. The summed E-state index contributed by atoms with van der Waals surface area (Å²) in [5.74, 6) is 0. The molecule has 0 spiro atoms. The minimum Gasteiger partial charge on any atom is -0.500 e. The van der Waals surface area contributed by atoms with Crippen LogP contribution in [0.3, 0.4) is 0 Å². The zero-order chi connectivity index (χ0) is 17.7. The first-order valence-electron chi connectivity index (χ1n) is 7.11. The van der Waals surface area contributed by atoms with E-state index in [1.165, 1.54) is 36.0 Å². The fourth-order valence-corrected chi connectivity index (χ4v) is 3.52. The van der Waals surface area contributed by atoms with Crippen LogP contribution in [0.15, 0.2) is 40.8 Å². The van der Waals surface area contributed by atoms with Gasteiger partial charge in [0.1, 0.15) is 22.9 Å². The average molecular weight is 363 g/mol. The van der Waals surface area contributed by atoms with E-state index in [1.54, 1.807) is 24.3 Å². The smallest absolute Gasteiger partial charge is 0.242 e. The van der Waals surface area contributed by atoms with Crippen LogP contribution in [-0.2, 0) is 14.8 Å². The van der Waals surface area contributed by atoms with Gasteiger partial charge in [-0.3, -0.25) is 0 Å². The van der Waals surface area contributed by atoms with Crippen LogP contribution in [0, 0.1) is 11.3 Å². The Morgan fingerprint density at radius 1 is 1.38 bits per heavy atom. The number of benzene rings is 1. The number of sulfonamides is 1. The van der Waals surface area contributed by atoms with Gasteiger partial charge in [-0.2, -0.15) is 5.26 Å². The normalized spacial score (nSPS) is 12.2. The Hall–Kier alpha value is -2.21. The van der Waals surface area contributed by atoms with Gasteiger partial charge in [0.2, 0.25) is 10.0 Å². The van der Waals surface area contributed by atoms with Gasteiger partial charge in [0.25, 0.3) is 0 Å². The molecule has 0 unspecified atom stereocenters. The molecule has 0 radical (unpaired) electrons. The second-order valence-electron chi connectivity index (χ2n) is 4.95. The molecule has 0 fully saturated rings. The van der Waals surface area contributed by atoms with Crippen LogP contribution >= 0.6 is 11.3 Å². The molecule has 0 aliphatic heterocycles. The first-order valence-corrected chi connectivity index (χ1v) is 9.43. The molecule has 0 bridgehead atoms. The molecule has 8 heteroatoms. The lowest BCUT2D eigenvalue weighted by atomic mass is 10.2. The highest BCUT2D eigenvalue weighted by molar-refractivity contribution is 7.89. The maximum absolute atomic E-state index is 12.1. The number of rotatable bonds is 6. The molecule has 0 aliphatic rings. The zero-order valence-electron chi connectivity index (χ0n) is 13.6. The monoisotopic (exact) mass is 363 g/mol. The van der Waals surface area contributed by atoms with E-state index >= 15 is 0 Å². The van der Waals surface area contributed by atoms with Crippen LogP contribution < -0.4 is 0 Å². The van der Waals surface area contributed by atoms with E-state index in [1.807, 2.05) is 12.3 Å². The molecule has 2 rings (SSSR count). The third-order valence-electron chi connectivity index (χ3n) is 3.15. The molecule has 0 amide bonds. The minimum atomic E-state index is -3.45. The molecule has 0 aliphatic carbocycles. The first-order chi connectivity index (χ1) is 11.4. The molecular weight excluding hydrogens is 346 g/mol. The number of thiazole rings is 1. The summed E-state index contributed by atoms with van der Waals surface area (Å²) in [7, 11) is -0.471. The molecule has 2 aromatic rings. The zero-order valence-corrected chi connectivity index (χ0v) is 15.2. The number of allylic oxidation sites excluding steroid dienone is 1. The van der Waals surface area contributed by atoms with Crippen molar-refractivity contribution in [3.63, 3.8) is 0 Å². The summed E-state index contributed by atoms with van der Waals surface area (Å²) in [6.07, 6.45) is 1.40. The van der Waals surface area contributed by atoms with Gasteiger partial charge in [0, 0.05) is 25.0 Å². The number of hydrogen-bond acceptors (Lipinski definition) is 6. The summed E-state index contributed by atoms with van der Waals surface area (Å²) in [6, 6.07) is 8.56. The van der Waals surface area contributed by atoms with Gasteiger partial charge in [0.15, 0.2) is 0 Å². The molecule has 24 heavy (non-hydrogen) atoms. The van der Waals surface area contributed by atoms with Crippen molar-refractivity contribution in [3.8, 4) is 17.3 Å². The lowest BCUT2D eigenvalue weighted by Gasteiger charge is -2.11. The van der Waals surface area contributed by atoms with Crippen molar-refractivity contribution in [2.45, 2.75) is 11.8 Å². The van der Waals surface area contributed by atoms with Crippen molar-refractivity contribution in [2.75, 3.05) is 20.7 Å². The van der Waals surface area contributed by atoms with E-state index < -0.39 is 10.0 Å². The fourth-order valence-electron chi connectivity index (χ4n) is 1.83. The number of hydrogen-bond donors (Lipinski definition) is 0. The second-order valence-corrected chi connectivity index (χ2v) is 7.96. The van der Waals surface area contributed by atoms with Gasteiger partial charge in [-0.25, -0.2) is 17.7 Å². The van der Waals surface area contributed by atoms with Crippen LogP contribution in [-0.4, -0.2) is 38.4 Å². The molecule has 6 nitrogen and oxygen atoms in total. The molecule has 1 aromatic heterocycles. The van der Waals surface area contributed by atoms with Crippen molar-refractivity contribution in [1.82, 2.24) is 9.29 Å². The second kappa shape index (κ2) is 7.57. The number of nitriles is 1. The van der Waals surface area contributed by atoms with Crippen molar-refractivity contribution >= 4 is 26.9 Å². The maximum atomic E-state index is 12.1. The quantitative estimate of drug-likeness (QED) is 0.582.